The molecule has 0 heteroatoms. The molecule has 0 N–H and O–H groups in total. The summed E-state index contributed by atoms with van der Waals surface area (Å²) in [6.45, 7) is 14.6. The van der Waals surface area contributed by atoms with Gasteiger partial charge in [0.1, 0.15) is 0 Å². The van der Waals surface area contributed by atoms with E-state index in [4.69, 9.17) is 0 Å². The normalized spacial score (nSPS) is 27.4. The first-order valence-electron chi connectivity index (χ1n) is 9.38. The van der Waals surface area contributed by atoms with Crippen LogP contribution < -0.4 is 0 Å². The van der Waals surface area contributed by atoms with Gasteiger partial charge in [0.2, 0.25) is 0 Å². The van der Waals surface area contributed by atoms with Gasteiger partial charge in [-0.15, -0.1) is 0 Å². The van der Waals surface area contributed by atoms with Crippen molar-refractivity contribution >= 4 is 0 Å². The Morgan fingerprint density at radius 1 is 1.00 bits per heavy atom. The molecule has 3 atom stereocenters. The highest BCUT2D eigenvalue weighted by atomic mass is 14.4. The maximum atomic E-state index is 2.52. The standard InChI is InChI=1S/C20H40/c1-7-9-10-11-20(5,6)15-19-14-17(12-16(3)4)13-18(19)8-2/h16-19H,7-15H2,1-6H3. The lowest BCUT2D eigenvalue weighted by Gasteiger charge is -2.31. The zero-order valence-electron chi connectivity index (χ0n) is 15.2. The molecule has 0 saturated heterocycles. The van der Waals surface area contributed by atoms with Gasteiger partial charge in [-0.05, 0) is 61.2 Å². The van der Waals surface area contributed by atoms with E-state index < -0.39 is 0 Å². The monoisotopic (exact) mass is 280 g/mol. The van der Waals surface area contributed by atoms with Crippen LogP contribution in [0, 0.1) is 29.1 Å². The molecule has 0 spiro atoms. The molecule has 1 fully saturated rings. The molecule has 0 heterocycles. The van der Waals surface area contributed by atoms with Crippen LogP contribution in [0.3, 0.4) is 0 Å². The molecule has 0 bridgehead atoms. The summed E-state index contributed by atoms with van der Waals surface area (Å²) in [5, 5.41) is 0. The van der Waals surface area contributed by atoms with Crippen LogP contribution in [0.15, 0.2) is 0 Å². The van der Waals surface area contributed by atoms with Crippen LogP contribution >= 0.6 is 0 Å². The maximum absolute atomic E-state index is 2.52. The molecule has 1 rings (SSSR count). The van der Waals surface area contributed by atoms with E-state index in [9.17, 15) is 0 Å². The fourth-order valence-electron chi connectivity index (χ4n) is 4.61. The van der Waals surface area contributed by atoms with Crippen molar-refractivity contribution in [1.82, 2.24) is 0 Å². The van der Waals surface area contributed by atoms with Crippen LogP contribution in [-0.2, 0) is 0 Å². The molecular weight excluding hydrogens is 240 g/mol. The van der Waals surface area contributed by atoms with E-state index in [1.54, 1.807) is 0 Å². The lowest BCUT2D eigenvalue weighted by molar-refractivity contribution is 0.205. The van der Waals surface area contributed by atoms with E-state index in [0.29, 0.717) is 5.41 Å². The Hall–Kier alpha value is 0. The topological polar surface area (TPSA) is 0 Å². The molecule has 0 aromatic rings. The van der Waals surface area contributed by atoms with Crippen molar-refractivity contribution in [3.63, 3.8) is 0 Å². The van der Waals surface area contributed by atoms with E-state index in [0.717, 1.165) is 23.7 Å². The second-order valence-electron chi connectivity index (χ2n) is 8.72. The van der Waals surface area contributed by atoms with Crippen molar-refractivity contribution in [2.45, 2.75) is 99.3 Å². The first-order chi connectivity index (χ1) is 9.38. The minimum absolute atomic E-state index is 0.569. The van der Waals surface area contributed by atoms with Crippen LogP contribution in [0.25, 0.3) is 0 Å². The molecule has 0 aromatic heterocycles. The van der Waals surface area contributed by atoms with Gasteiger partial charge in [-0.3, -0.25) is 0 Å². The van der Waals surface area contributed by atoms with Gasteiger partial charge >= 0.3 is 0 Å². The molecule has 0 amide bonds. The van der Waals surface area contributed by atoms with Crippen molar-refractivity contribution in [1.29, 1.82) is 0 Å². The highest BCUT2D eigenvalue weighted by Crippen LogP contribution is 2.47. The molecule has 0 radical (unpaired) electrons. The first-order valence-corrected chi connectivity index (χ1v) is 9.38. The minimum atomic E-state index is 0.569. The summed E-state index contributed by atoms with van der Waals surface area (Å²) in [5.74, 6) is 3.94. The molecule has 1 aliphatic rings. The van der Waals surface area contributed by atoms with E-state index in [-0.39, 0.29) is 0 Å². The molecule has 20 heavy (non-hydrogen) atoms. The summed E-state index contributed by atoms with van der Waals surface area (Å²) < 4.78 is 0. The zero-order chi connectivity index (χ0) is 15.2. The van der Waals surface area contributed by atoms with Crippen LogP contribution in [-0.4, -0.2) is 0 Å². The quantitative estimate of drug-likeness (QED) is 0.396. The average molecular weight is 281 g/mol. The molecule has 120 valence electrons. The molecule has 0 nitrogen and oxygen atoms in total. The van der Waals surface area contributed by atoms with Crippen LogP contribution in [0.4, 0.5) is 0 Å². The highest BCUT2D eigenvalue weighted by Gasteiger charge is 2.36. The predicted molar refractivity (Wildman–Crippen MR) is 92.0 cm³/mol. The van der Waals surface area contributed by atoms with Crippen LogP contribution in [0.2, 0.25) is 0 Å². The number of rotatable bonds is 9. The Morgan fingerprint density at radius 3 is 2.20 bits per heavy atom. The largest absolute Gasteiger partial charge is 0.0654 e. The van der Waals surface area contributed by atoms with Gasteiger partial charge in [0.05, 0.1) is 0 Å². The summed E-state index contributed by atoms with van der Waals surface area (Å²) in [6.07, 6.45) is 13.0. The third-order valence-electron chi connectivity index (χ3n) is 5.54. The summed E-state index contributed by atoms with van der Waals surface area (Å²) in [4.78, 5) is 0. The second-order valence-corrected chi connectivity index (χ2v) is 8.72. The van der Waals surface area contributed by atoms with Crippen molar-refractivity contribution in [2.75, 3.05) is 0 Å². The van der Waals surface area contributed by atoms with Gasteiger partial charge in [0, 0.05) is 0 Å². The van der Waals surface area contributed by atoms with E-state index >= 15 is 0 Å². The Kier molecular flexibility index (Phi) is 7.62. The van der Waals surface area contributed by atoms with E-state index in [2.05, 4.69) is 41.5 Å². The second kappa shape index (κ2) is 8.44. The Morgan fingerprint density at radius 2 is 1.65 bits per heavy atom. The molecule has 0 aromatic carbocycles. The van der Waals surface area contributed by atoms with Crippen LogP contribution in [0.5, 0.6) is 0 Å². The Balaban J connectivity index is 2.47. The molecule has 1 aliphatic carbocycles. The van der Waals surface area contributed by atoms with Crippen molar-refractivity contribution < 1.29 is 0 Å². The zero-order valence-corrected chi connectivity index (χ0v) is 15.2. The average Bonchev–Trinajstić information content (AvgIpc) is 2.69. The van der Waals surface area contributed by atoms with Gasteiger partial charge < -0.3 is 0 Å². The smallest absolute Gasteiger partial charge is 0.0351 e. The van der Waals surface area contributed by atoms with Crippen molar-refractivity contribution in [2.24, 2.45) is 29.1 Å². The number of hydrogen-bond donors (Lipinski definition) is 0. The van der Waals surface area contributed by atoms with Gasteiger partial charge in [-0.25, -0.2) is 0 Å². The lowest BCUT2D eigenvalue weighted by Crippen LogP contribution is -2.19. The molecule has 1 saturated carbocycles. The summed E-state index contributed by atoms with van der Waals surface area (Å²) in [7, 11) is 0. The minimum Gasteiger partial charge on any atom is -0.0654 e. The van der Waals surface area contributed by atoms with Gasteiger partial charge in [0.15, 0.2) is 0 Å². The summed E-state index contributed by atoms with van der Waals surface area (Å²) in [5.41, 5.74) is 0.569. The van der Waals surface area contributed by atoms with Gasteiger partial charge in [0.25, 0.3) is 0 Å². The number of hydrogen-bond acceptors (Lipinski definition) is 0. The summed E-state index contributed by atoms with van der Waals surface area (Å²) in [6, 6.07) is 0. The fraction of sp³-hybridized carbons (Fsp3) is 1.00. The van der Waals surface area contributed by atoms with Gasteiger partial charge in [-0.2, -0.15) is 0 Å². The van der Waals surface area contributed by atoms with Crippen molar-refractivity contribution in [3.8, 4) is 0 Å². The molecule has 3 unspecified atom stereocenters. The third kappa shape index (κ3) is 6.19. The summed E-state index contributed by atoms with van der Waals surface area (Å²) >= 11 is 0. The van der Waals surface area contributed by atoms with E-state index in [1.165, 1.54) is 57.8 Å². The Bertz CT molecular complexity index is 251. The van der Waals surface area contributed by atoms with Crippen LogP contribution in [0.1, 0.15) is 99.3 Å². The third-order valence-corrected chi connectivity index (χ3v) is 5.54. The van der Waals surface area contributed by atoms with E-state index in [1.807, 2.05) is 0 Å². The van der Waals surface area contributed by atoms with Gasteiger partial charge in [-0.1, -0.05) is 67.2 Å². The van der Waals surface area contributed by atoms with Crippen molar-refractivity contribution in [3.05, 3.63) is 0 Å². The SMILES string of the molecule is CCCCCC(C)(C)CC1CC(CC(C)C)CC1CC. The lowest BCUT2D eigenvalue weighted by atomic mass is 9.75. The fourth-order valence-corrected chi connectivity index (χ4v) is 4.61. The number of unbranched alkanes of at least 4 members (excludes halogenated alkanes) is 2. The maximum Gasteiger partial charge on any atom is -0.0351 e. The molecular formula is C20H40. The predicted octanol–water partition coefficient (Wildman–Crippen LogP) is 7.08. The Labute approximate surface area is 129 Å². The first kappa shape index (κ1) is 18.1. The highest BCUT2D eigenvalue weighted by molar-refractivity contribution is 4.86. The molecule has 0 aliphatic heterocycles.